The number of pyridine rings is 1. The predicted octanol–water partition coefficient (Wildman–Crippen LogP) is 4.50. The molecule has 1 heterocycles. The van der Waals surface area contributed by atoms with Crippen LogP contribution in [0.3, 0.4) is 0 Å². The summed E-state index contributed by atoms with van der Waals surface area (Å²) >= 11 is 18.3. The van der Waals surface area contributed by atoms with Gasteiger partial charge >= 0.3 is 5.97 Å². The maximum atomic E-state index is 11.5. The molecular formula is C13H8Cl3NO2. The van der Waals surface area contributed by atoms with Crippen molar-refractivity contribution in [1.82, 2.24) is 4.98 Å². The predicted molar refractivity (Wildman–Crippen MR) is 76.0 cm³/mol. The first-order valence-electron chi connectivity index (χ1n) is 5.24. The van der Waals surface area contributed by atoms with E-state index in [2.05, 4.69) is 9.72 Å². The second kappa shape index (κ2) is 5.78. The molecule has 0 atom stereocenters. The van der Waals surface area contributed by atoms with Gasteiger partial charge in [0.1, 0.15) is 5.69 Å². The highest BCUT2D eigenvalue weighted by molar-refractivity contribution is 6.40. The Labute approximate surface area is 125 Å². The van der Waals surface area contributed by atoms with Gasteiger partial charge in [-0.25, -0.2) is 9.78 Å². The van der Waals surface area contributed by atoms with Crippen molar-refractivity contribution in [3.05, 3.63) is 51.1 Å². The average Bonchev–Trinajstić information content (AvgIpc) is 2.39. The monoisotopic (exact) mass is 315 g/mol. The number of rotatable bonds is 2. The average molecular weight is 317 g/mol. The number of ether oxygens (including phenoxy) is 1. The number of esters is 1. The Morgan fingerprint density at radius 1 is 1.05 bits per heavy atom. The zero-order valence-corrected chi connectivity index (χ0v) is 12.1. The van der Waals surface area contributed by atoms with E-state index in [1.807, 2.05) is 0 Å². The summed E-state index contributed by atoms with van der Waals surface area (Å²) in [6.45, 7) is 0. The fourth-order valence-electron chi connectivity index (χ4n) is 1.56. The number of hydrogen-bond donors (Lipinski definition) is 0. The third-order valence-electron chi connectivity index (χ3n) is 2.44. The summed E-state index contributed by atoms with van der Waals surface area (Å²) in [6, 6.07) is 8.08. The molecule has 1 aromatic carbocycles. The molecule has 0 aliphatic carbocycles. The van der Waals surface area contributed by atoms with Crippen molar-refractivity contribution in [2.24, 2.45) is 0 Å². The van der Waals surface area contributed by atoms with Gasteiger partial charge in [0.25, 0.3) is 0 Å². The molecular weight excluding hydrogens is 309 g/mol. The summed E-state index contributed by atoms with van der Waals surface area (Å²) in [7, 11) is 1.28. The molecule has 6 heteroatoms. The Bertz CT molecular complexity index is 624. The van der Waals surface area contributed by atoms with Crippen molar-refractivity contribution in [3.8, 4) is 11.3 Å². The van der Waals surface area contributed by atoms with Gasteiger partial charge in [-0.3, -0.25) is 0 Å². The molecule has 0 saturated heterocycles. The lowest BCUT2D eigenvalue weighted by atomic mass is 10.1. The number of halogens is 3. The van der Waals surface area contributed by atoms with Crippen LogP contribution in [-0.2, 0) is 4.74 Å². The van der Waals surface area contributed by atoms with Crippen LogP contribution in [-0.4, -0.2) is 18.1 Å². The molecule has 98 valence electrons. The third kappa shape index (κ3) is 2.84. The van der Waals surface area contributed by atoms with Crippen molar-refractivity contribution in [1.29, 1.82) is 0 Å². The molecule has 3 nitrogen and oxygen atoms in total. The number of nitrogens with zero attached hydrogens (tertiary/aromatic N) is 1. The first kappa shape index (κ1) is 14.1. The number of methoxy groups -OCH3 is 1. The Morgan fingerprint density at radius 3 is 2.26 bits per heavy atom. The van der Waals surface area contributed by atoms with Gasteiger partial charge in [0.05, 0.1) is 27.9 Å². The molecule has 0 unspecified atom stereocenters. The molecule has 2 aromatic rings. The first-order valence-corrected chi connectivity index (χ1v) is 6.37. The van der Waals surface area contributed by atoms with Crippen molar-refractivity contribution < 1.29 is 9.53 Å². The molecule has 2 rings (SSSR count). The Hall–Kier alpha value is -1.29. The van der Waals surface area contributed by atoms with E-state index in [0.29, 0.717) is 26.3 Å². The summed E-state index contributed by atoms with van der Waals surface area (Å²) in [4.78, 5) is 15.6. The lowest BCUT2D eigenvalue weighted by Crippen LogP contribution is -2.05. The van der Waals surface area contributed by atoms with E-state index >= 15 is 0 Å². The van der Waals surface area contributed by atoms with E-state index in [9.17, 15) is 4.79 Å². The van der Waals surface area contributed by atoms with Crippen LogP contribution in [0.15, 0.2) is 30.3 Å². The number of aromatic nitrogens is 1. The molecule has 0 N–H and O–H groups in total. The maximum absolute atomic E-state index is 11.5. The Morgan fingerprint density at radius 2 is 1.68 bits per heavy atom. The minimum Gasteiger partial charge on any atom is -0.464 e. The topological polar surface area (TPSA) is 39.2 Å². The zero-order chi connectivity index (χ0) is 14.0. The summed E-state index contributed by atoms with van der Waals surface area (Å²) in [5, 5.41) is 1.16. The normalized spacial score (nSPS) is 10.3. The highest BCUT2D eigenvalue weighted by Gasteiger charge is 2.16. The van der Waals surface area contributed by atoms with Crippen LogP contribution in [0.1, 0.15) is 10.5 Å². The molecule has 19 heavy (non-hydrogen) atoms. The van der Waals surface area contributed by atoms with E-state index in [0.717, 1.165) is 0 Å². The van der Waals surface area contributed by atoms with Crippen molar-refractivity contribution in [2.45, 2.75) is 0 Å². The van der Waals surface area contributed by atoms with Gasteiger partial charge in [-0.1, -0.05) is 40.9 Å². The fourth-order valence-corrected chi connectivity index (χ4v) is 2.34. The van der Waals surface area contributed by atoms with Crippen LogP contribution >= 0.6 is 34.8 Å². The molecule has 0 radical (unpaired) electrons. The van der Waals surface area contributed by atoms with E-state index < -0.39 is 5.97 Å². The molecule has 1 aromatic heterocycles. The minimum absolute atomic E-state index is 0.137. The molecule has 0 spiro atoms. The van der Waals surface area contributed by atoms with Crippen LogP contribution in [0, 0.1) is 0 Å². The zero-order valence-electron chi connectivity index (χ0n) is 9.78. The van der Waals surface area contributed by atoms with Gasteiger partial charge in [-0.2, -0.15) is 0 Å². The summed E-state index contributed by atoms with van der Waals surface area (Å²) in [5.74, 6) is -0.555. The summed E-state index contributed by atoms with van der Waals surface area (Å²) < 4.78 is 4.62. The second-order valence-corrected chi connectivity index (χ2v) is 4.84. The molecule has 0 aliphatic rings. The van der Waals surface area contributed by atoms with Crippen LogP contribution in [0.5, 0.6) is 0 Å². The second-order valence-electron chi connectivity index (χ2n) is 3.62. The highest BCUT2D eigenvalue weighted by atomic mass is 35.5. The number of carbonyl (C=O) groups is 1. The SMILES string of the molecule is COC(=O)c1ccc(Cl)c(-c2c(Cl)cccc2Cl)n1. The van der Waals surface area contributed by atoms with Gasteiger partial charge < -0.3 is 4.74 Å². The van der Waals surface area contributed by atoms with Crippen molar-refractivity contribution >= 4 is 40.8 Å². The van der Waals surface area contributed by atoms with E-state index in [-0.39, 0.29) is 5.69 Å². The van der Waals surface area contributed by atoms with Crippen LogP contribution in [0.2, 0.25) is 15.1 Å². The van der Waals surface area contributed by atoms with Crippen LogP contribution in [0.25, 0.3) is 11.3 Å². The summed E-state index contributed by atoms with van der Waals surface area (Å²) in [6.07, 6.45) is 0. The van der Waals surface area contributed by atoms with Crippen molar-refractivity contribution in [3.63, 3.8) is 0 Å². The third-order valence-corrected chi connectivity index (χ3v) is 3.38. The first-order chi connectivity index (χ1) is 9.04. The lowest BCUT2D eigenvalue weighted by Gasteiger charge is -2.09. The Kier molecular flexibility index (Phi) is 4.30. The molecule has 0 saturated carbocycles. The quantitative estimate of drug-likeness (QED) is 0.766. The number of carbonyl (C=O) groups excluding carboxylic acids is 1. The largest absolute Gasteiger partial charge is 0.464 e. The summed E-state index contributed by atoms with van der Waals surface area (Å²) in [5.41, 5.74) is 0.972. The maximum Gasteiger partial charge on any atom is 0.356 e. The smallest absolute Gasteiger partial charge is 0.356 e. The molecule has 0 amide bonds. The van der Waals surface area contributed by atoms with Gasteiger partial charge in [0.15, 0.2) is 0 Å². The number of hydrogen-bond acceptors (Lipinski definition) is 3. The van der Waals surface area contributed by atoms with Gasteiger partial charge in [-0.05, 0) is 24.3 Å². The Balaban J connectivity index is 2.65. The minimum atomic E-state index is -0.555. The lowest BCUT2D eigenvalue weighted by molar-refractivity contribution is 0.0594. The van der Waals surface area contributed by atoms with Gasteiger partial charge in [0, 0.05) is 5.56 Å². The van der Waals surface area contributed by atoms with Crippen LogP contribution < -0.4 is 0 Å². The van der Waals surface area contributed by atoms with Gasteiger partial charge in [-0.15, -0.1) is 0 Å². The van der Waals surface area contributed by atoms with Crippen LogP contribution in [0.4, 0.5) is 0 Å². The van der Waals surface area contributed by atoms with E-state index in [1.165, 1.54) is 13.2 Å². The standard InChI is InChI=1S/C13H8Cl3NO2/c1-19-13(18)10-6-5-9(16)12(17-10)11-7(14)3-2-4-8(11)15/h2-6H,1H3. The number of benzene rings is 1. The fraction of sp³-hybridized carbons (Fsp3) is 0.0769. The van der Waals surface area contributed by atoms with Gasteiger partial charge in [0.2, 0.25) is 0 Å². The van der Waals surface area contributed by atoms with E-state index in [4.69, 9.17) is 34.8 Å². The van der Waals surface area contributed by atoms with E-state index in [1.54, 1.807) is 24.3 Å². The molecule has 0 bridgehead atoms. The molecule has 0 aliphatic heterocycles. The van der Waals surface area contributed by atoms with Crippen molar-refractivity contribution in [2.75, 3.05) is 7.11 Å². The highest BCUT2D eigenvalue weighted by Crippen LogP contribution is 2.37. The molecule has 0 fully saturated rings.